The molecule has 0 aliphatic carbocycles. The molecule has 0 aliphatic heterocycles. The molecule has 0 rings (SSSR count). The predicted octanol–water partition coefficient (Wildman–Crippen LogP) is 13.3. The number of carbonyl (C=O) groups excluding carboxylic acids is 2. The van der Waals surface area contributed by atoms with E-state index in [9.17, 15) is 19.5 Å². The molecule has 0 aromatic carbocycles. The number of rotatable bonds is 41. The van der Waals surface area contributed by atoms with Crippen LogP contribution in [0.3, 0.4) is 0 Å². The molecule has 0 radical (unpaired) electrons. The average Bonchev–Trinajstić information content (AvgIpc) is 3.21. The van der Waals surface area contributed by atoms with Crippen molar-refractivity contribution in [3.05, 3.63) is 85.1 Å². The van der Waals surface area contributed by atoms with Crippen molar-refractivity contribution in [1.82, 2.24) is 0 Å². The first-order chi connectivity index (χ1) is 29.1. The maximum atomic E-state index is 12.8. The van der Waals surface area contributed by atoms with Crippen LogP contribution in [0.2, 0.25) is 0 Å². The van der Waals surface area contributed by atoms with Gasteiger partial charge in [0.1, 0.15) is 6.61 Å². The SMILES string of the molecule is CCC/C=C/C=C/C=C/C=C/C=C/CCCCCCCC(=O)OC(COCCC(C(=O)O)[N+](C)(C)C)COC(=O)CCCCCCC/C=C/C=C/CCCCCCCCC. The van der Waals surface area contributed by atoms with Gasteiger partial charge in [0.05, 0.1) is 34.4 Å². The van der Waals surface area contributed by atoms with Crippen molar-refractivity contribution in [2.75, 3.05) is 41.0 Å². The van der Waals surface area contributed by atoms with Gasteiger partial charge < -0.3 is 23.8 Å². The number of nitrogens with zero attached hydrogens (tertiary/aromatic N) is 1. The second-order valence-corrected chi connectivity index (χ2v) is 16.8. The summed E-state index contributed by atoms with van der Waals surface area (Å²) in [7, 11) is 5.51. The lowest BCUT2D eigenvalue weighted by Gasteiger charge is -2.31. The van der Waals surface area contributed by atoms with Gasteiger partial charge in [0, 0.05) is 19.3 Å². The molecule has 8 nitrogen and oxygen atoms in total. The van der Waals surface area contributed by atoms with Crippen LogP contribution in [0, 0.1) is 0 Å². The van der Waals surface area contributed by atoms with Crippen molar-refractivity contribution in [2.45, 2.75) is 187 Å². The van der Waals surface area contributed by atoms with Crippen molar-refractivity contribution in [3.8, 4) is 0 Å². The molecule has 0 amide bonds. The van der Waals surface area contributed by atoms with Crippen LogP contribution in [-0.4, -0.2) is 80.6 Å². The van der Waals surface area contributed by atoms with Gasteiger partial charge in [-0.25, -0.2) is 4.79 Å². The molecule has 0 saturated carbocycles. The molecule has 8 heteroatoms. The molecule has 342 valence electrons. The van der Waals surface area contributed by atoms with Gasteiger partial charge in [-0.2, -0.15) is 0 Å². The van der Waals surface area contributed by atoms with Crippen LogP contribution in [0.1, 0.15) is 174 Å². The van der Waals surface area contributed by atoms with E-state index in [0.29, 0.717) is 19.3 Å². The summed E-state index contributed by atoms with van der Waals surface area (Å²) >= 11 is 0. The van der Waals surface area contributed by atoms with E-state index in [4.69, 9.17) is 14.2 Å². The number of likely N-dealkylation sites (N-methyl/N-ethyl adjacent to an activating group) is 1. The number of hydrogen-bond acceptors (Lipinski definition) is 6. The number of ether oxygens (including phenoxy) is 3. The van der Waals surface area contributed by atoms with Gasteiger partial charge in [-0.15, -0.1) is 0 Å². The second kappa shape index (κ2) is 42.2. The zero-order valence-corrected chi connectivity index (χ0v) is 38.9. The number of carboxylic acids is 1. The molecule has 1 N–H and O–H groups in total. The minimum absolute atomic E-state index is 0.0404. The lowest BCUT2D eigenvalue weighted by atomic mass is 10.1. The summed E-state index contributed by atoms with van der Waals surface area (Å²) in [5.41, 5.74) is 0. The Morgan fingerprint density at radius 2 is 0.917 bits per heavy atom. The topological polar surface area (TPSA) is 99.1 Å². The van der Waals surface area contributed by atoms with E-state index >= 15 is 0 Å². The normalized spacial score (nSPS) is 13.7. The number of carbonyl (C=O) groups is 3. The molecule has 0 bridgehead atoms. The van der Waals surface area contributed by atoms with E-state index in [2.05, 4.69) is 62.5 Å². The molecule has 2 atom stereocenters. The van der Waals surface area contributed by atoms with Crippen molar-refractivity contribution in [1.29, 1.82) is 0 Å². The number of carboxylic acid groups (broad SMARTS) is 1. The van der Waals surface area contributed by atoms with Crippen LogP contribution in [0.25, 0.3) is 0 Å². The van der Waals surface area contributed by atoms with E-state index in [-0.39, 0.29) is 36.2 Å². The highest BCUT2D eigenvalue weighted by Gasteiger charge is 2.31. The third kappa shape index (κ3) is 39.9. The van der Waals surface area contributed by atoms with Gasteiger partial charge in [0.25, 0.3) is 0 Å². The number of esters is 2. The molecule has 2 unspecified atom stereocenters. The van der Waals surface area contributed by atoms with E-state index in [1.165, 1.54) is 57.8 Å². The number of allylic oxidation sites excluding steroid dienone is 14. The number of hydrogen-bond donors (Lipinski definition) is 1. The molecule has 0 heterocycles. The zero-order chi connectivity index (χ0) is 44.2. The monoisotopic (exact) mass is 839 g/mol. The summed E-state index contributed by atoms with van der Waals surface area (Å²) in [5.74, 6) is -1.53. The van der Waals surface area contributed by atoms with Crippen molar-refractivity contribution in [3.63, 3.8) is 0 Å². The smallest absolute Gasteiger partial charge is 0.362 e. The van der Waals surface area contributed by atoms with E-state index in [1.807, 2.05) is 57.6 Å². The molecular formula is C52H88NO7+. The van der Waals surface area contributed by atoms with Gasteiger partial charge in [0.2, 0.25) is 0 Å². The Kier molecular flexibility index (Phi) is 39.8. The minimum atomic E-state index is -0.885. The van der Waals surface area contributed by atoms with Gasteiger partial charge in [-0.3, -0.25) is 9.59 Å². The minimum Gasteiger partial charge on any atom is -0.477 e. The Balaban J connectivity index is 4.41. The van der Waals surface area contributed by atoms with Crippen molar-refractivity contribution >= 4 is 17.9 Å². The number of quaternary nitrogens is 1. The summed E-state index contributed by atoms with van der Waals surface area (Å²) in [6.07, 6.45) is 54.8. The lowest BCUT2D eigenvalue weighted by Crippen LogP contribution is -2.50. The fourth-order valence-electron chi connectivity index (χ4n) is 6.46. The summed E-state index contributed by atoms with van der Waals surface area (Å²) in [4.78, 5) is 37.1. The quantitative estimate of drug-likeness (QED) is 0.0283. The van der Waals surface area contributed by atoms with E-state index in [0.717, 1.165) is 83.5 Å². The number of aliphatic carboxylic acids is 1. The Labute approximate surface area is 367 Å². The molecule has 0 saturated heterocycles. The first-order valence-electron chi connectivity index (χ1n) is 23.7. The third-order valence-corrected chi connectivity index (χ3v) is 10.2. The largest absolute Gasteiger partial charge is 0.477 e. The van der Waals surface area contributed by atoms with Gasteiger partial charge in [-0.1, -0.05) is 182 Å². The molecular weight excluding hydrogens is 751 g/mol. The molecule has 0 fully saturated rings. The average molecular weight is 839 g/mol. The van der Waals surface area contributed by atoms with E-state index in [1.54, 1.807) is 0 Å². The number of unbranched alkanes of at least 4 members (excludes halogenated alkanes) is 18. The Morgan fingerprint density at radius 3 is 1.38 bits per heavy atom. The molecule has 0 spiro atoms. The van der Waals surface area contributed by atoms with Crippen LogP contribution in [0.5, 0.6) is 0 Å². The summed E-state index contributed by atoms with van der Waals surface area (Å²) < 4.78 is 17.3. The highest BCUT2D eigenvalue weighted by molar-refractivity contribution is 5.72. The standard InChI is InChI=1S/C52H87NO7/c1-6-8-10-12-14-16-18-20-22-24-26-28-30-32-34-36-38-40-42-50(54)59-47-48(46-58-45-44-49(52(56)57)53(3,4)5)60-51(55)43-41-39-37-35-33-31-29-27-25-23-21-19-17-15-13-11-9-7-2/h11,13,15,17,19,21-29,48-49H,6-10,12,14,16,18,20,30-47H2,1-5H3/p+1/b13-11+,17-15+,21-19+,24-22+,25-23+,28-26+,29-27+. The predicted molar refractivity (Wildman–Crippen MR) is 252 cm³/mol. The molecule has 0 aliphatic rings. The highest BCUT2D eigenvalue weighted by atomic mass is 16.6. The summed E-state index contributed by atoms with van der Waals surface area (Å²) in [5, 5.41) is 9.64. The molecule has 0 aromatic heterocycles. The first kappa shape index (κ1) is 56.5. The van der Waals surface area contributed by atoms with Crippen LogP contribution in [-0.2, 0) is 28.6 Å². The maximum absolute atomic E-state index is 12.8. The first-order valence-corrected chi connectivity index (χ1v) is 23.7. The Hall–Kier alpha value is -3.49. The third-order valence-electron chi connectivity index (χ3n) is 10.2. The summed E-state index contributed by atoms with van der Waals surface area (Å²) in [6, 6.07) is -0.627. The van der Waals surface area contributed by atoms with Gasteiger partial charge in [-0.05, 0) is 57.8 Å². The van der Waals surface area contributed by atoms with Crippen LogP contribution in [0.15, 0.2) is 85.1 Å². The summed E-state index contributed by atoms with van der Waals surface area (Å²) in [6.45, 7) is 4.59. The van der Waals surface area contributed by atoms with Gasteiger partial charge in [0.15, 0.2) is 12.1 Å². The fraction of sp³-hybridized carbons (Fsp3) is 0.673. The van der Waals surface area contributed by atoms with Gasteiger partial charge >= 0.3 is 17.9 Å². The second-order valence-electron chi connectivity index (χ2n) is 16.8. The zero-order valence-electron chi connectivity index (χ0n) is 38.9. The molecule has 60 heavy (non-hydrogen) atoms. The fourth-order valence-corrected chi connectivity index (χ4v) is 6.46. The van der Waals surface area contributed by atoms with Crippen LogP contribution >= 0.6 is 0 Å². The van der Waals surface area contributed by atoms with E-state index < -0.39 is 18.1 Å². The van der Waals surface area contributed by atoms with Crippen LogP contribution < -0.4 is 0 Å². The Bertz CT molecular complexity index is 1250. The van der Waals surface area contributed by atoms with Crippen LogP contribution in [0.4, 0.5) is 0 Å². The van der Waals surface area contributed by atoms with Crippen molar-refractivity contribution < 1.29 is 38.2 Å². The van der Waals surface area contributed by atoms with Crippen molar-refractivity contribution in [2.24, 2.45) is 0 Å². The highest BCUT2D eigenvalue weighted by Crippen LogP contribution is 2.13. The Morgan fingerprint density at radius 1 is 0.500 bits per heavy atom. The molecule has 0 aromatic rings. The maximum Gasteiger partial charge on any atom is 0.362 e. The lowest BCUT2D eigenvalue weighted by molar-refractivity contribution is -0.887.